The van der Waals surface area contributed by atoms with Gasteiger partial charge in [0, 0.05) is 35.7 Å². The molecule has 106 valence electrons. The lowest BCUT2D eigenvalue weighted by atomic mass is 10.0. The molecule has 21 heavy (non-hydrogen) atoms. The molecule has 4 heteroatoms. The Kier molecular flexibility index (Phi) is 4.17. The van der Waals surface area contributed by atoms with Crippen LogP contribution in [-0.2, 0) is 0 Å². The van der Waals surface area contributed by atoms with E-state index in [1.807, 2.05) is 24.5 Å². The summed E-state index contributed by atoms with van der Waals surface area (Å²) < 4.78 is 0. The molecule has 0 radical (unpaired) electrons. The fraction of sp³-hybridized carbons (Fsp3) is 0.235. The number of aromatic nitrogens is 3. The van der Waals surface area contributed by atoms with Gasteiger partial charge in [0.15, 0.2) is 0 Å². The van der Waals surface area contributed by atoms with Crippen molar-refractivity contribution < 1.29 is 0 Å². The third kappa shape index (κ3) is 2.90. The Morgan fingerprint density at radius 2 is 1.86 bits per heavy atom. The largest absolute Gasteiger partial charge is 0.304 e. The lowest BCUT2D eigenvalue weighted by Crippen LogP contribution is -2.25. The number of pyridine rings is 1. The monoisotopic (exact) mass is 278 g/mol. The van der Waals surface area contributed by atoms with Gasteiger partial charge in [-0.1, -0.05) is 31.2 Å². The number of hydrogen-bond donors (Lipinski definition) is 1. The van der Waals surface area contributed by atoms with Crippen LogP contribution in [0.15, 0.2) is 55.1 Å². The Balaban J connectivity index is 2.10. The molecule has 4 nitrogen and oxygen atoms in total. The number of fused-ring (bicyclic) bond motifs is 1. The van der Waals surface area contributed by atoms with Crippen molar-refractivity contribution in [3.8, 4) is 0 Å². The Hall–Kier alpha value is -2.33. The van der Waals surface area contributed by atoms with Crippen LogP contribution in [0.4, 0.5) is 0 Å². The minimum atomic E-state index is -0.0373. The molecule has 0 amide bonds. The molecule has 1 N–H and O–H groups in total. The minimum Gasteiger partial charge on any atom is -0.304 e. The second-order valence-electron chi connectivity index (χ2n) is 4.94. The molecule has 0 spiro atoms. The molecule has 3 aromatic rings. The van der Waals surface area contributed by atoms with Crippen LogP contribution in [0.3, 0.4) is 0 Å². The standard InChI is InChI=1S/C17H18N4/c1-2-8-19-16(17-20-9-5-10-21-17)15-12-18-11-13-6-3-4-7-14(13)15/h3-7,9-12,16,19H,2,8H2,1H3. The van der Waals surface area contributed by atoms with Crippen LogP contribution >= 0.6 is 0 Å². The average Bonchev–Trinajstić information content (AvgIpc) is 2.56. The molecule has 2 aromatic heterocycles. The van der Waals surface area contributed by atoms with Gasteiger partial charge in [-0.3, -0.25) is 4.98 Å². The van der Waals surface area contributed by atoms with Gasteiger partial charge in [-0.05, 0) is 24.4 Å². The van der Waals surface area contributed by atoms with Crippen LogP contribution in [0.5, 0.6) is 0 Å². The molecule has 3 rings (SSSR count). The summed E-state index contributed by atoms with van der Waals surface area (Å²) in [7, 11) is 0. The molecule has 2 heterocycles. The van der Waals surface area contributed by atoms with E-state index in [2.05, 4.69) is 45.4 Å². The van der Waals surface area contributed by atoms with Gasteiger partial charge in [0.1, 0.15) is 5.82 Å². The molecule has 0 aliphatic rings. The van der Waals surface area contributed by atoms with Crippen molar-refractivity contribution in [3.05, 3.63) is 66.5 Å². The summed E-state index contributed by atoms with van der Waals surface area (Å²) in [6, 6.07) is 10.1. The Bertz CT molecular complexity index is 707. The van der Waals surface area contributed by atoms with Gasteiger partial charge in [0.25, 0.3) is 0 Å². The highest BCUT2D eigenvalue weighted by Crippen LogP contribution is 2.26. The van der Waals surface area contributed by atoms with Crippen LogP contribution in [0.1, 0.15) is 30.8 Å². The third-order valence-electron chi connectivity index (χ3n) is 3.45. The molecule has 1 aromatic carbocycles. The highest BCUT2D eigenvalue weighted by molar-refractivity contribution is 5.85. The van der Waals surface area contributed by atoms with E-state index in [1.54, 1.807) is 12.4 Å². The van der Waals surface area contributed by atoms with Gasteiger partial charge in [0.2, 0.25) is 0 Å². The van der Waals surface area contributed by atoms with E-state index >= 15 is 0 Å². The quantitative estimate of drug-likeness (QED) is 0.779. The van der Waals surface area contributed by atoms with Crippen LogP contribution in [0.25, 0.3) is 10.8 Å². The first-order chi connectivity index (χ1) is 10.4. The molecular formula is C17H18N4. The van der Waals surface area contributed by atoms with Gasteiger partial charge in [0.05, 0.1) is 6.04 Å². The number of hydrogen-bond acceptors (Lipinski definition) is 4. The summed E-state index contributed by atoms with van der Waals surface area (Å²) in [5.74, 6) is 0.782. The predicted octanol–water partition coefficient (Wildman–Crippen LogP) is 3.11. The van der Waals surface area contributed by atoms with E-state index in [9.17, 15) is 0 Å². The van der Waals surface area contributed by atoms with E-state index in [-0.39, 0.29) is 6.04 Å². The Morgan fingerprint density at radius 1 is 1.05 bits per heavy atom. The van der Waals surface area contributed by atoms with Crippen molar-refractivity contribution in [2.24, 2.45) is 0 Å². The number of nitrogens with zero attached hydrogens (tertiary/aromatic N) is 3. The van der Waals surface area contributed by atoms with Gasteiger partial charge >= 0.3 is 0 Å². The van der Waals surface area contributed by atoms with Crippen molar-refractivity contribution in [2.45, 2.75) is 19.4 Å². The van der Waals surface area contributed by atoms with E-state index in [0.717, 1.165) is 29.7 Å². The normalized spacial score (nSPS) is 12.4. The fourth-order valence-corrected chi connectivity index (χ4v) is 2.46. The summed E-state index contributed by atoms with van der Waals surface area (Å²) in [5.41, 5.74) is 1.12. The van der Waals surface area contributed by atoms with Crippen LogP contribution < -0.4 is 5.32 Å². The van der Waals surface area contributed by atoms with Crippen molar-refractivity contribution in [1.29, 1.82) is 0 Å². The summed E-state index contributed by atoms with van der Waals surface area (Å²) in [4.78, 5) is 13.2. The fourth-order valence-electron chi connectivity index (χ4n) is 2.46. The highest BCUT2D eigenvalue weighted by Gasteiger charge is 2.18. The van der Waals surface area contributed by atoms with Crippen LogP contribution in [0, 0.1) is 0 Å². The zero-order valence-corrected chi connectivity index (χ0v) is 12.0. The smallest absolute Gasteiger partial charge is 0.149 e. The third-order valence-corrected chi connectivity index (χ3v) is 3.45. The van der Waals surface area contributed by atoms with E-state index in [1.165, 1.54) is 5.39 Å². The van der Waals surface area contributed by atoms with Gasteiger partial charge in [-0.15, -0.1) is 0 Å². The van der Waals surface area contributed by atoms with Gasteiger partial charge < -0.3 is 5.32 Å². The molecule has 1 unspecified atom stereocenters. The average molecular weight is 278 g/mol. The summed E-state index contributed by atoms with van der Waals surface area (Å²) in [6.07, 6.45) is 8.41. The SMILES string of the molecule is CCCNC(c1ncccn1)c1cncc2ccccc12. The molecule has 0 aliphatic carbocycles. The Labute approximate surface area is 124 Å². The first-order valence-corrected chi connectivity index (χ1v) is 7.23. The van der Waals surface area contributed by atoms with Crippen LogP contribution in [-0.4, -0.2) is 21.5 Å². The van der Waals surface area contributed by atoms with E-state index < -0.39 is 0 Å². The maximum Gasteiger partial charge on any atom is 0.149 e. The zero-order chi connectivity index (χ0) is 14.5. The lowest BCUT2D eigenvalue weighted by molar-refractivity contribution is 0.573. The van der Waals surface area contributed by atoms with Crippen molar-refractivity contribution >= 4 is 10.8 Å². The van der Waals surface area contributed by atoms with Crippen molar-refractivity contribution in [1.82, 2.24) is 20.3 Å². The molecule has 0 bridgehead atoms. The minimum absolute atomic E-state index is 0.0373. The van der Waals surface area contributed by atoms with Crippen molar-refractivity contribution in [2.75, 3.05) is 6.54 Å². The summed E-state index contributed by atoms with van der Waals surface area (Å²) >= 11 is 0. The second-order valence-corrected chi connectivity index (χ2v) is 4.94. The second kappa shape index (κ2) is 6.41. The topological polar surface area (TPSA) is 50.7 Å². The van der Waals surface area contributed by atoms with Gasteiger partial charge in [-0.25, -0.2) is 9.97 Å². The zero-order valence-electron chi connectivity index (χ0n) is 12.0. The van der Waals surface area contributed by atoms with E-state index in [4.69, 9.17) is 0 Å². The molecular weight excluding hydrogens is 260 g/mol. The predicted molar refractivity (Wildman–Crippen MR) is 83.9 cm³/mol. The molecule has 0 fully saturated rings. The Morgan fingerprint density at radius 3 is 2.67 bits per heavy atom. The first-order valence-electron chi connectivity index (χ1n) is 7.23. The number of nitrogens with one attached hydrogen (secondary N) is 1. The van der Waals surface area contributed by atoms with Crippen LogP contribution in [0.2, 0.25) is 0 Å². The molecule has 0 aliphatic heterocycles. The maximum absolute atomic E-state index is 4.41. The van der Waals surface area contributed by atoms with Gasteiger partial charge in [-0.2, -0.15) is 0 Å². The molecule has 0 saturated heterocycles. The van der Waals surface area contributed by atoms with Crippen molar-refractivity contribution in [3.63, 3.8) is 0 Å². The van der Waals surface area contributed by atoms with E-state index in [0.29, 0.717) is 0 Å². The molecule has 0 saturated carbocycles. The summed E-state index contributed by atoms with van der Waals surface area (Å²) in [5, 5.41) is 5.85. The highest BCUT2D eigenvalue weighted by atomic mass is 15.0. The number of benzene rings is 1. The molecule has 1 atom stereocenters. The lowest BCUT2D eigenvalue weighted by Gasteiger charge is -2.18. The first kappa shape index (κ1) is 13.6. The number of rotatable bonds is 5. The summed E-state index contributed by atoms with van der Waals surface area (Å²) in [6.45, 7) is 3.06. The maximum atomic E-state index is 4.41.